The third-order valence-corrected chi connectivity index (χ3v) is 4.11. The van der Waals surface area contributed by atoms with Crippen molar-refractivity contribution in [3.8, 4) is 0 Å². The number of benzene rings is 1. The van der Waals surface area contributed by atoms with Gasteiger partial charge in [-0.05, 0) is 25.7 Å². The number of hydrogen-bond acceptors (Lipinski definition) is 4. The summed E-state index contributed by atoms with van der Waals surface area (Å²) >= 11 is 1.48. The number of carbonyl (C=O) groups is 1. The molecule has 1 unspecified atom stereocenters. The molecular formula is C16H20N2O2S. The van der Waals surface area contributed by atoms with Crippen LogP contribution in [0.4, 0.5) is 0 Å². The Kier molecular flexibility index (Phi) is 5.50. The summed E-state index contributed by atoms with van der Waals surface area (Å²) in [6.45, 7) is 1.56. The molecule has 21 heavy (non-hydrogen) atoms. The van der Waals surface area contributed by atoms with Crippen molar-refractivity contribution in [3.05, 3.63) is 57.8 Å². The molecule has 0 spiro atoms. The number of thiophene rings is 1. The fraction of sp³-hybridized carbons (Fsp3) is 0.312. The first-order chi connectivity index (χ1) is 10.1. The molecule has 5 heteroatoms. The van der Waals surface area contributed by atoms with Crippen LogP contribution in [0.3, 0.4) is 0 Å². The highest BCUT2D eigenvalue weighted by molar-refractivity contribution is 7.10. The van der Waals surface area contributed by atoms with Gasteiger partial charge in [0.25, 0.3) is 0 Å². The molecule has 0 radical (unpaired) electrons. The van der Waals surface area contributed by atoms with Gasteiger partial charge in [-0.3, -0.25) is 0 Å². The van der Waals surface area contributed by atoms with Crippen molar-refractivity contribution in [1.82, 2.24) is 10.2 Å². The lowest BCUT2D eigenvalue weighted by atomic mass is 10.1. The molecule has 2 N–H and O–H groups in total. The summed E-state index contributed by atoms with van der Waals surface area (Å²) < 4.78 is 0. The van der Waals surface area contributed by atoms with E-state index in [1.165, 1.54) is 16.9 Å². The van der Waals surface area contributed by atoms with Gasteiger partial charge in [-0.15, -0.1) is 11.3 Å². The number of carboxylic acids is 1. The van der Waals surface area contributed by atoms with Crippen LogP contribution in [-0.4, -0.2) is 36.6 Å². The second-order valence-corrected chi connectivity index (χ2v) is 6.21. The first-order valence-electron chi connectivity index (χ1n) is 6.80. The zero-order chi connectivity index (χ0) is 15.2. The number of hydrogen-bond donors (Lipinski definition) is 2. The Morgan fingerprint density at radius 1 is 1.33 bits per heavy atom. The molecule has 2 aromatic rings. The Bertz CT molecular complexity index is 581. The summed E-state index contributed by atoms with van der Waals surface area (Å²) in [4.78, 5) is 14.1. The molecule has 112 valence electrons. The van der Waals surface area contributed by atoms with Crippen LogP contribution < -0.4 is 5.32 Å². The van der Waals surface area contributed by atoms with Crippen molar-refractivity contribution in [1.29, 1.82) is 0 Å². The largest absolute Gasteiger partial charge is 0.478 e. The number of nitrogens with one attached hydrogen (secondary N) is 1. The number of aromatic carboxylic acids is 1. The van der Waals surface area contributed by atoms with E-state index >= 15 is 0 Å². The Balaban J connectivity index is 2.03. The highest BCUT2D eigenvalue weighted by Crippen LogP contribution is 2.18. The van der Waals surface area contributed by atoms with Crippen LogP contribution in [0.15, 0.2) is 41.8 Å². The van der Waals surface area contributed by atoms with Crippen LogP contribution >= 0.6 is 11.3 Å². The Labute approximate surface area is 129 Å². The zero-order valence-corrected chi connectivity index (χ0v) is 13.1. The van der Waals surface area contributed by atoms with E-state index in [2.05, 4.69) is 22.3 Å². The molecular weight excluding hydrogens is 284 g/mol. The summed E-state index contributed by atoms with van der Waals surface area (Å²) in [6, 6.07) is 12.3. The molecule has 1 aromatic carbocycles. The molecule has 0 amide bonds. The predicted molar refractivity (Wildman–Crippen MR) is 85.9 cm³/mol. The number of likely N-dealkylation sites (N-methyl/N-ethyl adjacent to an activating group) is 1. The van der Waals surface area contributed by atoms with Crippen molar-refractivity contribution in [2.45, 2.75) is 12.6 Å². The van der Waals surface area contributed by atoms with Crippen molar-refractivity contribution in [2.24, 2.45) is 0 Å². The molecule has 0 fully saturated rings. The normalized spacial score (nSPS) is 12.5. The molecule has 0 bridgehead atoms. The molecule has 1 aromatic heterocycles. The Hall–Kier alpha value is -1.69. The van der Waals surface area contributed by atoms with Gasteiger partial charge in [-0.1, -0.05) is 30.3 Å². The summed E-state index contributed by atoms with van der Waals surface area (Å²) in [5.41, 5.74) is 1.60. The zero-order valence-electron chi connectivity index (χ0n) is 12.2. The minimum atomic E-state index is -0.870. The maximum atomic E-state index is 10.9. The average molecular weight is 304 g/mol. The summed E-state index contributed by atoms with van der Waals surface area (Å²) in [7, 11) is 4.09. The fourth-order valence-corrected chi connectivity index (χ4v) is 2.96. The lowest BCUT2D eigenvalue weighted by Crippen LogP contribution is -2.30. The van der Waals surface area contributed by atoms with E-state index in [4.69, 9.17) is 5.11 Å². The minimum Gasteiger partial charge on any atom is -0.478 e. The van der Waals surface area contributed by atoms with Gasteiger partial charge in [0, 0.05) is 29.4 Å². The Morgan fingerprint density at radius 2 is 2.05 bits per heavy atom. The van der Waals surface area contributed by atoms with E-state index in [0.29, 0.717) is 12.1 Å². The molecule has 0 saturated carbocycles. The average Bonchev–Trinajstić information content (AvgIpc) is 2.93. The van der Waals surface area contributed by atoms with E-state index in [1.54, 1.807) is 11.4 Å². The molecule has 0 saturated heterocycles. The molecule has 0 aliphatic heterocycles. The van der Waals surface area contributed by atoms with Gasteiger partial charge in [0.2, 0.25) is 0 Å². The predicted octanol–water partition coefficient (Wildman–Crippen LogP) is 2.84. The van der Waals surface area contributed by atoms with Crippen LogP contribution in [0.2, 0.25) is 0 Å². The maximum Gasteiger partial charge on any atom is 0.336 e. The quantitative estimate of drug-likeness (QED) is 0.826. The van der Waals surface area contributed by atoms with Crippen LogP contribution in [0.1, 0.15) is 26.8 Å². The van der Waals surface area contributed by atoms with E-state index in [-0.39, 0.29) is 6.04 Å². The second kappa shape index (κ2) is 7.36. The maximum absolute atomic E-state index is 10.9. The van der Waals surface area contributed by atoms with Gasteiger partial charge in [-0.25, -0.2) is 4.79 Å². The van der Waals surface area contributed by atoms with Crippen molar-refractivity contribution in [2.75, 3.05) is 20.6 Å². The lowest BCUT2D eigenvalue weighted by molar-refractivity contribution is 0.0697. The molecule has 4 nitrogen and oxygen atoms in total. The van der Waals surface area contributed by atoms with E-state index in [1.807, 2.05) is 32.3 Å². The third-order valence-electron chi connectivity index (χ3n) is 3.17. The van der Waals surface area contributed by atoms with Gasteiger partial charge in [-0.2, -0.15) is 0 Å². The third kappa shape index (κ3) is 4.67. The number of nitrogens with zero attached hydrogens (tertiary/aromatic N) is 1. The van der Waals surface area contributed by atoms with Gasteiger partial charge in [0.05, 0.1) is 5.56 Å². The van der Waals surface area contributed by atoms with E-state index < -0.39 is 5.97 Å². The van der Waals surface area contributed by atoms with Crippen LogP contribution in [0, 0.1) is 0 Å². The number of carboxylic acid groups (broad SMARTS) is 1. The summed E-state index contributed by atoms with van der Waals surface area (Å²) in [5, 5.41) is 14.1. The van der Waals surface area contributed by atoms with Crippen LogP contribution in [-0.2, 0) is 6.54 Å². The highest BCUT2D eigenvalue weighted by Gasteiger charge is 2.13. The smallest absolute Gasteiger partial charge is 0.336 e. The van der Waals surface area contributed by atoms with Gasteiger partial charge in [0.15, 0.2) is 0 Å². The SMILES string of the molecule is CN(C)CC(NCc1cc(C(=O)O)cs1)c1ccccc1. The Morgan fingerprint density at radius 3 is 2.62 bits per heavy atom. The highest BCUT2D eigenvalue weighted by atomic mass is 32.1. The summed E-state index contributed by atoms with van der Waals surface area (Å²) in [6.07, 6.45) is 0. The molecule has 1 atom stereocenters. The van der Waals surface area contributed by atoms with Gasteiger partial charge in [0.1, 0.15) is 0 Å². The van der Waals surface area contributed by atoms with Crippen molar-refractivity contribution in [3.63, 3.8) is 0 Å². The standard InChI is InChI=1S/C16H20N2O2S/c1-18(2)10-15(12-6-4-3-5-7-12)17-9-14-8-13(11-21-14)16(19)20/h3-8,11,15,17H,9-10H2,1-2H3,(H,19,20). The molecule has 0 aliphatic carbocycles. The van der Waals surface area contributed by atoms with Gasteiger partial charge >= 0.3 is 5.97 Å². The molecule has 0 aliphatic rings. The van der Waals surface area contributed by atoms with Gasteiger partial charge < -0.3 is 15.3 Å². The van der Waals surface area contributed by atoms with E-state index in [9.17, 15) is 4.79 Å². The van der Waals surface area contributed by atoms with Crippen molar-refractivity contribution >= 4 is 17.3 Å². The molecule has 2 rings (SSSR count). The first kappa shape index (κ1) is 15.7. The minimum absolute atomic E-state index is 0.219. The van der Waals surface area contributed by atoms with Crippen LogP contribution in [0.5, 0.6) is 0 Å². The summed E-state index contributed by atoms with van der Waals surface area (Å²) in [5.74, 6) is -0.870. The number of rotatable bonds is 7. The lowest BCUT2D eigenvalue weighted by Gasteiger charge is -2.22. The van der Waals surface area contributed by atoms with Crippen LogP contribution in [0.25, 0.3) is 0 Å². The van der Waals surface area contributed by atoms with Crippen molar-refractivity contribution < 1.29 is 9.90 Å². The first-order valence-corrected chi connectivity index (χ1v) is 7.68. The molecule has 1 heterocycles. The second-order valence-electron chi connectivity index (χ2n) is 5.21. The fourth-order valence-electron chi connectivity index (χ4n) is 2.15. The van der Waals surface area contributed by atoms with E-state index in [0.717, 1.165) is 11.4 Å². The topological polar surface area (TPSA) is 52.6 Å². The monoisotopic (exact) mass is 304 g/mol.